The number of allylic oxidation sites excluding steroid dienone is 2. The Morgan fingerprint density at radius 3 is 2.37 bits per heavy atom. The van der Waals surface area contributed by atoms with E-state index >= 15 is 0 Å². The molecule has 1 aromatic carbocycles. The molecule has 1 aromatic rings. The number of carbonyl (C=O) groups excluding carboxylic acids is 5. The largest absolute Gasteiger partial charge is 0.351 e. The van der Waals surface area contributed by atoms with Crippen molar-refractivity contribution in [2.45, 2.75) is 38.7 Å². The Bertz CT molecular complexity index is 1180. The number of likely N-dealkylation sites (N-methyl/N-ethyl adjacent to an activating group) is 1. The fourth-order valence-corrected chi connectivity index (χ4v) is 3.91. The van der Waals surface area contributed by atoms with Crippen LogP contribution in [0.4, 0.5) is 18.9 Å². The van der Waals surface area contributed by atoms with Gasteiger partial charge in [-0.05, 0) is 31.7 Å². The van der Waals surface area contributed by atoms with Gasteiger partial charge in [-0.1, -0.05) is 25.1 Å². The van der Waals surface area contributed by atoms with Gasteiger partial charge in [0, 0.05) is 50.8 Å². The molecule has 1 unspecified atom stereocenters. The van der Waals surface area contributed by atoms with Gasteiger partial charge in [-0.25, -0.2) is 4.39 Å². The van der Waals surface area contributed by atoms with Crippen LogP contribution in [0.15, 0.2) is 42.1 Å². The summed E-state index contributed by atoms with van der Waals surface area (Å²) in [6, 6.07) is 2.88. The van der Waals surface area contributed by atoms with Gasteiger partial charge >= 0.3 is 5.92 Å². The molecule has 41 heavy (non-hydrogen) atoms. The van der Waals surface area contributed by atoms with Crippen molar-refractivity contribution in [3.63, 3.8) is 0 Å². The monoisotopic (exact) mass is 580 g/mol. The van der Waals surface area contributed by atoms with Crippen LogP contribution >= 0.6 is 0 Å². The predicted molar refractivity (Wildman–Crippen MR) is 145 cm³/mol. The van der Waals surface area contributed by atoms with E-state index < -0.39 is 41.7 Å². The van der Waals surface area contributed by atoms with Crippen molar-refractivity contribution >= 4 is 35.7 Å². The van der Waals surface area contributed by atoms with Crippen molar-refractivity contribution in [3.05, 3.63) is 53.5 Å². The number of anilines is 1. The van der Waals surface area contributed by atoms with Gasteiger partial charge in [-0.2, -0.15) is 8.78 Å². The average molecular weight is 581 g/mol. The Kier molecular flexibility index (Phi) is 12.5. The molecule has 2 rings (SSSR count). The first kappa shape index (κ1) is 33.0. The molecule has 1 aliphatic heterocycles. The summed E-state index contributed by atoms with van der Waals surface area (Å²) in [5.74, 6) is -8.31. The molecule has 0 aromatic heterocycles. The van der Waals surface area contributed by atoms with E-state index in [1.54, 1.807) is 17.1 Å². The molecule has 1 aliphatic rings. The third-order valence-electron chi connectivity index (χ3n) is 6.23. The highest BCUT2D eigenvalue weighted by Gasteiger charge is 2.42. The molecule has 11 nitrogen and oxygen atoms in total. The highest BCUT2D eigenvalue weighted by atomic mass is 19.3. The number of amides is 5. The van der Waals surface area contributed by atoms with Crippen LogP contribution in [-0.4, -0.2) is 91.6 Å². The summed E-state index contributed by atoms with van der Waals surface area (Å²) < 4.78 is 43.7. The van der Waals surface area contributed by atoms with Crippen LogP contribution in [0.5, 0.6) is 0 Å². The zero-order valence-corrected chi connectivity index (χ0v) is 23.1. The van der Waals surface area contributed by atoms with Crippen molar-refractivity contribution in [1.29, 1.82) is 0 Å². The van der Waals surface area contributed by atoms with Crippen molar-refractivity contribution in [2.75, 3.05) is 45.1 Å². The lowest BCUT2D eigenvalue weighted by atomic mass is 10.0. The average Bonchev–Trinajstić information content (AvgIpc) is 2.94. The molecule has 0 bridgehead atoms. The van der Waals surface area contributed by atoms with Gasteiger partial charge in [0.05, 0.1) is 12.2 Å². The van der Waals surface area contributed by atoms with Gasteiger partial charge in [0.1, 0.15) is 11.9 Å². The number of rotatable bonds is 13. The maximum atomic E-state index is 14.8. The van der Waals surface area contributed by atoms with Crippen molar-refractivity contribution < 1.29 is 37.1 Å². The van der Waals surface area contributed by atoms with E-state index in [4.69, 9.17) is 0 Å². The molecule has 0 aliphatic carbocycles. The van der Waals surface area contributed by atoms with Gasteiger partial charge in [0.15, 0.2) is 0 Å². The lowest BCUT2D eigenvalue weighted by Crippen LogP contribution is -2.54. The third-order valence-corrected chi connectivity index (χ3v) is 6.23. The fraction of sp³-hybridized carbons (Fsp3) is 0.444. The lowest BCUT2D eigenvalue weighted by molar-refractivity contribution is -0.141. The quantitative estimate of drug-likeness (QED) is 0.202. The molecule has 14 heteroatoms. The number of hydrogen-bond acceptors (Lipinski definition) is 6. The second kappa shape index (κ2) is 15.6. The molecule has 0 saturated carbocycles. The summed E-state index contributed by atoms with van der Waals surface area (Å²) in [6.45, 7) is 4.57. The highest BCUT2D eigenvalue weighted by Crippen LogP contribution is 2.25. The number of piperazine rings is 1. The van der Waals surface area contributed by atoms with Crippen LogP contribution in [0.25, 0.3) is 0 Å². The minimum atomic E-state index is -4.07. The van der Waals surface area contributed by atoms with Crippen LogP contribution in [0, 0.1) is 5.82 Å². The number of nitrogens with one attached hydrogen (secondary N) is 4. The Morgan fingerprint density at radius 2 is 1.78 bits per heavy atom. The highest BCUT2D eigenvalue weighted by molar-refractivity contribution is 5.96. The van der Waals surface area contributed by atoms with Gasteiger partial charge in [0.25, 0.3) is 5.91 Å². The maximum absolute atomic E-state index is 14.8. The summed E-state index contributed by atoms with van der Waals surface area (Å²) in [5.41, 5.74) is -0.709. The fourth-order valence-electron chi connectivity index (χ4n) is 3.91. The first-order chi connectivity index (χ1) is 19.4. The van der Waals surface area contributed by atoms with Crippen LogP contribution in [0.2, 0.25) is 0 Å². The number of alkyl halides is 2. The van der Waals surface area contributed by atoms with E-state index in [0.29, 0.717) is 37.9 Å². The number of carbonyl (C=O) groups is 5. The Morgan fingerprint density at radius 1 is 1.10 bits per heavy atom. The van der Waals surface area contributed by atoms with E-state index in [1.165, 1.54) is 25.1 Å². The molecular formula is C27H35F3N6O5. The topological polar surface area (TPSA) is 140 Å². The number of nitrogens with zero attached hydrogens (tertiary/aromatic N) is 2. The SMILES string of the molecule is C/C=C\C(=C/NC=O)C(F)(F)C(=O)NCC(=O)Nc1ccc(CC(NC(=O)CC)C(=O)N2CCN(C)CC2)cc1F. The lowest BCUT2D eigenvalue weighted by Gasteiger charge is -2.34. The first-order valence-corrected chi connectivity index (χ1v) is 13.0. The van der Waals surface area contributed by atoms with Crippen molar-refractivity contribution in [2.24, 2.45) is 0 Å². The van der Waals surface area contributed by atoms with Crippen molar-refractivity contribution in [3.8, 4) is 0 Å². The summed E-state index contributed by atoms with van der Waals surface area (Å²) in [7, 11) is 1.94. The van der Waals surface area contributed by atoms with Crippen molar-refractivity contribution in [1.82, 2.24) is 25.8 Å². The summed E-state index contributed by atoms with van der Waals surface area (Å²) in [5, 5.41) is 8.60. The minimum Gasteiger partial charge on any atom is -0.344 e. The third kappa shape index (κ3) is 9.74. The van der Waals surface area contributed by atoms with Gasteiger partial charge in [0.2, 0.25) is 24.1 Å². The normalized spacial score (nSPS) is 15.3. The Hall–Kier alpha value is -4.20. The van der Waals surface area contributed by atoms with E-state index in [2.05, 4.69) is 15.5 Å². The second-order valence-electron chi connectivity index (χ2n) is 9.31. The van der Waals surface area contributed by atoms with E-state index in [1.807, 2.05) is 12.4 Å². The summed E-state index contributed by atoms with van der Waals surface area (Å²) >= 11 is 0. The zero-order valence-electron chi connectivity index (χ0n) is 23.1. The predicted octanol–water partition coefficient (Wildman–Crippen LogP) is 0.933. The van der Waals surface area contributed by atoms with Crippen LogP contribution in [0.3, 0.4) is 0 Å². The molecule has 0 spiro atoms. The molecule has 0 radical (unpaired) electrons. The van der Waals surface area contributed by atoms with Crippen LogP contribution in [0.1, 0.15) is 25.8 Å². The number of halogens is 3. The molecule has 1 fully saturated rings. The Labute approximate surface area is 236 Å². The summed E-state index contributed by atoms with van der Waals surface area (Å²) in [4.78, 5) is 63.6. The minimum absolute atomic E-state index is 0.00815. The molecular weight excluding hydrogens is 545 g/mol. The van der Waals surface area contributed by atoms with E-state index in [9.17, 15) is 37.1 Å². The standard InChI is InChI=1S/C27H35F3N6O5/c1-4-6-19(15-31-17-37)27(29,30)26(41)32-16-24(39)33-21-8-7-18(13-20(21)28)14-22(34-23(38)5-2)25(40)36-11-9-35(3)10-12-36/h4,6-8,13,15,17,22H,5,9-12,14,16H2,1-3H3,(H,31,37)(H,32,41)(H,33,39)(H,34,38)/b6-4-,19-15+. The summed E-state index contributed by atoms with van der Waals surface area (Å²) in [6.07, 6.45) is 3.13. The first-order valence-electron chi connectivity index (χ1n) is 13.0. The molecule has 5 amide bonds. The zero-order chi connectivity index (χ0) is 30.6. The van der Waals surface area contributed by atoms with Crippen LogP contribution in [-0.2, 0) is 30.4 Å². The molecule has 1 atom stereocenters. The smallest absolute Gasteiger partial charge is 0.344 e. The van der Waals surface area contributed by atoms with E-state index in [0.717, 1.165) is 12.1 Å². The van der Waals surface area contributed by atoms with Crippen LogP contribution < -0.4 is 21.3 Å². The van der Waals surface area contributed by atoms with Gasteiger partial charge < -0.3 is 31.1 Å². The number of hydrogen-bond donors (Lipinski definition) is 4. The molecule has 224 valence electrons. The second-order valence-corrected chi connectivity index (χ2v) is 9.31. The van der Waals surface area contributed by atoms with E-state index in [-0.39, 0.29) is 36.8 Å². The molecule has 1 saturated heterocycles. The van der Waals surface area contributed by atoms with Gasteiger partial charge in [-0.15, -0.1) is 0 Å². The number of benzene rings is 1. The maximum Gasteiger partial charge on any atom is 0.351 e. The van der Waals surface area contributed by atoms with Gasteiger partial charge in [-0.3, -0.25) is 24.0 Å². The molecule has 4 N–H and O–H groups in total. The Balaban J connectivity index is 2.05. The molecule has 1 heterocycles.